The highest BCUT2D eigenvalue weighted by atomic mass is 16.3. The van der Waals surface area contributed by atoms with Crippen LogP contribution in [0, 0.1) is 12.8 Å². The van der Waals surface area contributed by atoms with Gasteiger partial charge in [0.25, 0.3) is 0 Å². The molecule has 2 atom stereocenters. The molecule has 1 aliphatic rings. The number of piperidine rings is 1. The van der Waals surface area contributed by atoms with E-state index in [1.165, 1.54) is 5.56 Å². The molecule has 2 aromatic rings. The number of hydrogen-bond donors (Lipinski definition) is 2. The van der Waals surface area contributed by atoms with Gasteiger partial charge in [-0.2, -0.15) is 0 Å². The average molecular weight is 300 g/mol. The molecule has 4 nitrogen and oxygen atoms in total. The highest BCUT2D eigenvalue weighted by Gasteiger charge is 2.31. The normalized spacial score (nSPS) is 22.2. The van der Waals surface area contributed by atoms with E-state index in [4.69, 9.17) is 0 Å². The zero-order valence-corrected chi connectivity index (χ0v) is 13.3. The number of hydrogen-bond acceptors (Lipinski definition) is 2. The van der Waals surface area contributed by atoms with E-state index in [0.29, 0.717) is 12.3 Å². The Morgan fingerprint density at radius 2 is 2.27 bits per heavy atom. The molecule has 2 unspecified atom stereocenters. The number of nitrogens with one attached hydrogen (secondary N) is 1. The lowest BCUT2D eigenvalue weighted by molar-refractivity contribution is -0.136. The average Bonchev–Trinajstić information content (AvgIpc) is 2.91. The van der Waals surface area contributed by atoms with E-state index in [2.05, 4.69) is 24.9 Å². The molecule has 1 saturated heterocycles. The van der Waals surface area contributed by atoms with Crippen LogP contribution < -0.4 is 0 Å². The van der Waals surface area contributed by atoms with Crippen LogP contribution in [0.15, 0.2) is 24.4 Å². The lowest BCUT2D eigenvalue weighted by atomic mass is 9.90. The summed E-state index contributed by atoms with van der Waals surface area (Å²) in [6, 6.07) is 6.10. The molecule has 118 valence electrons. The van der Waals surface area contributed by atoms with Crippen molar-refractivity contribution in [3.05, 3.63) is 35.5 Å². The van der Waals surface area contributed by atoms with Gasteiger partial charge in [0.2, 0.25) is 5.91 Å². The zero-order chi connectivity index (χ0) is 15.7. The minimum Gasteiger partial charge on any atom is -0.394 e. The number of H-pyrrole nitrogens is 1. The number of aromatic amines is 1. The fourth-order valence-corrected chi connectivity index (χ4v) is 3.69. The molecule has 22 heavy (non-hydrogen) atoms. The fourth-order valence-electron chi connectivity index (χ4n) is 3.69. The number of carbonyl (C=O) groups is 1. The van der Waals surface area contributed by atoms with E-state index in [-0.39, 0.29) is 18.6 Å². The highest BCUT2D eigenvalue weighted by molar-refractivity contribution is 5.91. The number of amides is 1. The standard InChI is InChI=1S/C18H24N2O2/c1-12-6-4-8-20(16(12)11-21)17(22)9-14-10-19-15-7-3-5-13(2)18(14)15/h3,5,7,10,12,16,19,21H,4,6,8-9,11H2,1-2H3. The fraction of sp³-hybridized carbons (Fsp3) is 0.500. The number of likely N-dealkylation sites (tertiary alicyclic amines) is 1. The van der Waals surface area contributed by atoms with Crippen molar-refractivity contribution in [2.24, 2.45) is 5.92 Å². The quantitative estimate of drug-likeness (QED) is 0.915. The van der Waals surface area contributed by atoms with Gasteiger partial charge in [-0.3, -0.25) is 4.79 Å². The van der Waals surface area contributed by atoms with Gasteiger partial charge in [0.1, 0.15) is 0 Å². The number of nitrogens with zero attached hydrogens (tertiary/aromatic N) is 1. The first kappa shape index (κ1) is 15.1. The molecule has 0 radical (unpaired) electrons. The first-order valence-electron chi connectivity index (χ1n) is 8.07. The summed E-state index contributed by atoms with van der Waals surface area (Å²) in [6.07, 6.45) is 4.45. The Kier molecular flexibility index (Phi) is 4.21. The molecule has 0 bridgehead atoms. The van der Waals surface area contributed by atoms with Gasteiger partial charge >= 0.3 is 0 Å². The van der Waals surface area contributed by atoms with Crippen LogP contribution in [0.3, 0.4) is 0 Å². The number of aromatic nitrogens is 1. The number of aliphatic hydroxyl groups excluding tert-OH is 1. The summed E-state index contributed by atoms with van der Waals surface area (Å²) in [5.74, 6) is 0.488. The maximum atomic E-state index is 12.7. The van der Waals surface area contributed by atoms with Crippen LogP contribution in [0.4, 0.5) is 0 Å². The second kappa shape index (κ2) is 6.13. The molecular formula is C18H24N2O2. The molecule has 4 heteroatoms. The Bertz CT molecular complexity index is 677. The van der Waals surface area contributed by atoms with Crippen molar-refractivity contribution in [2.75, 3.05) is 13.2 Å². The van der Waals surface area contributed by atoms with E-state index in [9.17, 15) is 9.90 Å². The van der Waals surface area contributed by atoms with Crippen molar-refractivity contribution in [3.8, 4) is 0 Å². The maximum Gasteiger partial charge on any atom is 0.227 e. The van der Waals surface area contributed by atoms with E-state index in [1.807, 2.05) is 23.2 Å². The van der Waals surface area contributed by atoms with Crippen molar-refractivity contribution in [3.63, 3.8) is 0 Å². The molecule has 1 aromatic heterocycles. The summed E-state index contributed by atoms with van der Waals surface area (Å²) in [4.78, 5) is 17.9. The van der Waals surface area contributed by atoms with Crippen LogP contribution >= 0.6 is 0 Å². The molecule has 1 aliphatic heterocycles. The van der Waals surface area contributed by atoms with Crippen LogP contribution in [0.1, 0.15) is 30.9 Å². The van der Waals surface area contributed by atoms with Crippen LogP contribution in [-0.2, 0) is 11.2 Å². The van der Waals surface area contributed by atoms with E-state index in [0.717, 1.165) is 35.9 Å². The monoisotopic (exact) mass is 300 g/mol. The Morgan fingerprint density at radius 1 is 1.45 bits per heavy atom. The molecule has 0 aliphatic carbocycles. The van der Waals surface area contributed by atoms with Gasteiger partial charge in [0, 0.05) is 23.6 Å². The predicted octanol–water partition coefficient (Wildman–Crippen LogP) is 2.64. The van der Waals surface area contributed by atoms with Crippen LogP contribution in [-0.4, -0.2) is 40.1 Å². The Labute approximate surface area is 131 Å². The molecule has 1 fully saturated rings. The van der Waals surface area contributed by atoms with Gasteiger partial charge in [-0.05, 0) is 42.9 Å². The molecule has 0 spiro atoms. The third kappa shape index (κ3) is 2.63. The van der Waals surface area contributed by atoms with Gasteiger partial charge in [-0.1, -0.05) is 19.1 Å². The maximum absolute atomic E-state index is 12.7. The minimum absolute atomic E-state index is 0.0347. The number of rotatable bonds is 3. The molecule has 2 N–H and O–H groups in total. The topological polar surface area (TPSA) is 56.3 Å². The number of aryl methyl sites for hydroxylation is 1. The van der Waals surface area contributed by atoms with Crippen LogP contribution in [0.25, 0.3) is 10.9 Å². The molecular weight excluding hydrogens is 276 g/mol. The molecule has 1 amide bonds. The predicted molar refractivity (Wildman–Crippen MR) is 87.7 cm³/mol. The number of fused-ring (bicyclic) bond motifs is 1. The Morgan fingerprint density at radius 3 is 3.05 bits per heavy atom. The van der Waals surface area contributed by atoms with Gasteiger partial charge in [0.15, 0.2) is 0 Å². The van der Waals surface area contributed by atoms with Gasteiger partial charge < -0.3 is 15.0 Å². The molecule has 1 aromatic carbocycles. The summed E-state index contributed by atoms with van der Waals surface area (Å²) in [5.41, 5.74) is 3.31. The summed E-state index contributed by atoms with van der Waals surface area (Å²) in [7, 11) is 0. The van der Waals surface area contributed by atoms with Gasteiger partial charge in [-0.15, -0.1) is 0 Å². The SMILES string of the molecule is Cc1cccc2[nH]cc(CC(=O)N3CCCC(C)C3CO)c12. The lowest BCUT2D eigenvalue weighted by Crippen LogP contribution is -2.50. The summed E-state index contributed by atoms with van der Waals surface area (Å²) >= 11 is 0. The smallest absolute Gasteiger partial charge is 0.227 e. The second-order valence-corrected chi connectivity index (χ2v) is 6.44. The highest BCUT2D eigenvalue weighted by Crippen LogP contribution is 2.26. The van der Waals surface area contributed by atoms with Crippen LogP contribution in [0.5, 0.6) is 0 Å². The number of benzene rings is 1. The molecule has 2 heterocycles. The zero-order valence-electron chi connectivity index (χ0n) is 13.3. The minimum atomic E-state index is -0.0347. The van der Waals surface area contributed by atoms with Crippen molar-refractivity contribution in [1.82, 2.24) is 9.88 Å². The van der Waals surface area contributed by atoms with E-state index < -0.39 is 0 Å². The summed E-state index contributed by atoms with van der Waals surface area (Å²) in [5, 5.41) is 10.8. The number of carbonyl (C=O) groups excluding carboxylic acids is 1. The Balaban J connectivity index is 1.83. The van der Waals surface area contributed by atoms with Crippen molar-refractivity contribution < 1.29 is 9.90 Å². The third-order valence-electron chi connectivity index (χ3n) is 4.96. The van der Waals surface area contributed by atoms with E-state index >= 15 is 0 Å². The van der Waals surface area contributed by atoms with Crippen molar-refractivity contribution in [1.29, 1.82) is 0 Å². The largest absolute Gasteiger partial charge is 0.394 e. The van der Waals surface area contributed by atoms with Crippen molar-refractivity contribution in [2.45, 2.75) is 39.2 Å². The lowest BCUT2D eigenvalue weighted by Gasteiger charge is -2.39. The van der Waals surface area contributed by atoms with E-state index in [1.54, 1.807) is 0 Å². The first-order chi connectivity index (χ1) is 10.6. The van der Waals surface area contributed by atoms with Gasteiger partial charge in [0.05, 0.1) is 19.1 Å². The van der Waals surface area contributed by atoms with Crippen molar-refractivity contribution >= 4 is 16.8 Å². The summed E-state index contributed by atoms with van der Waals surface area (Å²) < 4.78 is 0. The summed E-state index contributed by atoms with van der Waals surface area (Å²) in [6.45, 7) is 5.01. The Hall–Kier alpha value is -1.81. The van der Waals surface area contributed by atoms with Gasteiger partial charge in [-0.25, -0.2) is 0 Å². The van der Waals surface area contributed by atoms with Crippen LogP contribution in [0.2, 0.25) is 0 Å². The first-order valence-corrected chi connectivity index (χ1v) is 8.07. The second-order valence-electron chi connectivity index (χ2n) is 6.44. The number of aliphatic hydroxyl groups is 1. The molecule has 0 saturated carbocycles. The molecule has 3 rings (SSSR count). The third-order valence-corrected chi connectivity index (χ3v) is 4.96.